The van der Waals surface area contributed by atoms with Crippen molar-refractivity contribution in [1.29, 1.82) is 0 Å². The van der Waals surface area contributed by atoms with E-state index in [-0.39, 0.29) is 10.8 Å². The summed E-state index contributed by atoms with van der Waals surface area (Å²) in [4.78, 5) is 0. The van der Waals surface area contributed by atoms with Crippen molar-refractivity contribution >= 4 is 0 Å². The first-order valence-corrected chi connectivity index (χ1v) is 6.97. The van der Waals surface area contributed by atoms with E-state index in [9.17, 15) is 5.11 Å². The predicted octanol–water partition coefficient (Wildman–Crippen LogP) is 4.64. The average molecular weight is 248 g/mol. The Morgan fingerprint density at radius 3 is 2.00 bits per heavy atom. The van der Waals surface area contributed by atoms with Gasteiger partial charge in [0.05, 0.1) is 0 Å². The monoisotopic (exact) mass is 248 g/mol. The van der Waals surface area contributed by atoms with E-state index in [2.05, 4.69) is 60.3 Å². The second kappa shape index (κ2) is 5.05. The first-order valence-electron chi connectivity index (χ1n) is 6.97. The molecule has 102 valence electrons. The van der Waals surface area contributed by atoms with E-state index in [1.165, 1.54) is 5.57 Å². The van der Waals surface area contributed by atoms with Crippen LogP contribution in [0.3, 0.4) is 0 Å². The molecule has 1 nitrogen and oxygen atoms in total. The van der Waals surface area contributed by atoms with Crippen molar-refractivity contribution in [2.45, 2.75) is 60.5 Å². The molecule has 1 atom stereocenters. The number of aliphatic hydroxyl groups is 1. The van der Waals surface area contributed by atoms with Gasteiger partial charge in [-0.1, -0.05) is 60.3 Å². The van der Waals surface area contributed by atoms with Gasteiger partial charge in [0.1, 0.15) is 6.10 Å². The maximum atomic E-state index is 10.3. The van der Waals surface area contributed by atoms with Crippen LogP contribution in [0.5, 0.6) is 0 Å². The predicted molar refractivity (Wildman–Crippen MR) is 79.5 cm³/mol. The molecule has 0 aromatic rings. The van der Waals surface area contributed by atoms with Crippen molar-refractivity contribution in [3.63, 3.8) is 0 Å². The third-order valence-electron chi connectivity index (χ3n) is 4.63. The van der Waals surface area contributed by atoms with Gasteiger partial charge >= 0.3 is 0 Å². The molecule has 0 saturated heterocycles. The first-order chi connectivity index (χ1) is 8.15. The quantitative estimate of drug-likeness (QED) is 0.768. The summed E-state index contributed by atoms with van der Waals surface area (Å²) in [6, 6.07) is 0. The Balaban J connectivity index is 3.26. The summed E-state index contributed by atoms with van der Waals surface area (Å²) in [6.07, 6.45) is 5.84. The van der Waals surface area contributed by atoms with E-state index in [1.807, 2.05) is 0 Å². The van der Waals surface area contributed by atoms with Crippen LogP contribution in [-0.4, -0.2) is 11.2 Å². The summed E-state index contributed by atoms with van der Waals surface area (Å²) in [5.74, 6) is 0. The molecular formula is C17H28O. The van der Waals surface area contributed by atoms with E-state index in [4.69, 9.17) is 0 Å². The Bertz CT molecular complexity index is 394. The van der Waals surface area contributed by atoms with E-state index in [0.717, 1.165) is 24.0 Å². The fourth-order valence-corrected chi connectivity index (χ4v) is 2.13. The third-order valence-corrected chi connectivity index (χ3v) is 4.63. The van der Waals surface area contributed by atoms with Gasteiger partial charge in [0, 0.05) is 0 Å². The average Bonchev–Trinajstić information content (AvgIpc) is 2.31. The molecule has 0 bridgehead atoms. The molecule has 1 aliphatic rings. The van der Waals surface area contributed by atoms with Crippen LogP contribution in [0.1, 0.15) is 54.4 Å². The van der Waals surface area contributed by atoms with Gasteiger partial charge in [-0.05, 0) is 40.4 Å². The number of hydrogen-bond donors (Lipinski definition) is 1. The van der Waals surface area contributed by atoms with E-state index >= 15 is 0 Å². The van der Waals surface area contributed by atoms with Gasteiger partial charge in [0.25, 0.3) is 0 Å². The molecule has 1 N–H and O–H groups in total. The van der Waals surface area contributed by atoms with Crippen LogP contribution in [0.2, 0.25) is 0 Å². The van der Waals surface area contributed by atoms with Crippen molar-refractivity contribution in [2.75, 3.05) is 0 Å². The molecule has 18 heavy (non-hydrogen) atoms. The van der Waals surface area contributed by atoms with Crippen molar-refractivity contribution < 1.29 is 5.11 Å². The van der Waals surface area contributed by atoms with Gasteiger partial charge in [-0.2, -0.15) is 0 Å². The van der Waals surface area contributed by atoms with Crippen LogP contribution in [0.25, 0.3) is 0 Å². The van der Waals surface area contributed by atoms with Gasteiger partial charge in [0.15, 0.2) is 0 Å². The molecule has 0 fully saturated rings. The maximum Gasteiger partial charge on any atom is 0.100 e. The highest BCUT2D eigenvalue weighted by atomic mass is 16.3. The van der Waals surface area contributed by atoms with Gasteiger partial charge in [-0.3, -0.25) is 0 Å². The van der Waals surface area contributed by atoms with E-state index in [1.54, 1.807) is 0 Å². The van der Waals surface area contributed by atoms with Gasteiger partial charge < -0.3 is 5.11 Å². The second-order valence-electron chi connectivity index (χ2n) is 6.65. The minimum atomic E-state index is -0.517. The lowest BCUT2D eigenvalue weighted by atomic mass is 9.70. The fraction of sp³-hybridized carbons (Fsp3) is 0.647. The van der Waals surface area contributed by atoms with Gasteiger partial charge in [-0.25, -0.2) is 0 Å². The van der Waals surface area contributed by atoms with Crippen molar-refractivity contribution in [1.82, 2.24) is 0 Å². The Labute approximate surface area is 112 Å². The van der Waals surface area contributed by atoms with Gasteiger partial charge in [0.2, 0.25) is 0 Å². The van der Waals surface area contributed by atoms with Crippen LogP contribution in [0.15, 0.2) is 35.5 Å². The highest BCUT2D eigenvalue weighted by Crippen LogP contribution is 2.42. The summed E-state index contributed by atoms with van der Waals surface area (Å²) in [5.41, 5.74) is 3.38. The largest absolute Gasteiger partial charge is 0.384 e. The van der Waals surface area contributed by atoms with Crippen molar-refractivity contribution in [3.05, 3.63) is 35.5 Å². The lowest BCUT2D eigenvalue weighted by molar-refractivity contribution is 0.211. The molecule has 0 aromatic heterocycles. The molecule has 1 heteroatoms. The Kier molecular flexibility index (Phi) is 4.27. The topological polar surface area (TPSA) is 20.2 Å². The van der Waals surface area contributed by atoms with E-state index < -0.39 is 6.10 Å². The molecule has 0 aliphatic heterocycles. The van der Waals surface area contributed by atoms with Crippen LogP contribution in [-0.2, 0) is 0 Å². The van der Waals surface area contributed by atoms with Crippen LogP contribution in [0, 0.1) is 10.8 Å². The molecule has 0 heterocycles. The summed E-state index contributed by atoms with van der Waals surface area (Å²) < 4.78 is 0. The molecule has 0 saturated carbocycles. The molecule has 1 rings (SSSR count). The zero-order chi connectivity index (χ0) is 14.1. The standard InChI is InChI=1S/C17H28O/c1-8-16(4,5)13-10-12(3)15(18)14(11-13)17(6,7)9-2/h10-11,15,18H,3,8-9H2,1-2,4-7H3. The Morgan fingerprint density at radius 1 is 1.06 bits per heavy atom. The molecule has 0 radical (unpaired) electrons. The van der Waals surface area contributed by atoms with Crippen LogP contribution in [0.4, 0.5) is 0 Å². The van der Waals surface area contributed by atoms with Gasteiger partial charge in [-0.15, -0.1) is 0 Å². The smallest absolute Gasteiger partial charge is 0.100 e. The third kappa shape index (κ3) is 2.77. The zero-order valence-corrected chi connectivity index (χ0v) is 12.8. The minimum Gasteiger partial charge on any atom is -0.384 e. The Morgan fingerprint density at radius 2 is 1.56 bits per heavy atom. The summed E-state index contributed by atoms with van der Waals surface area (Å²) >= 11 is 0. The summed E-state index contributed by atoms with van der Waals surface area (Å²) in [7, 11) is 0. The van der Waals surface area contributed by atoms with Crippen LogP contribution < -0.4 is 0 Å². The summed E-state index contributed by atoms with van der Waals surface area (Å²) in [5, 5.41) is 10.3. The highest BCUT2D eigenvalue weighted by molar-refractivity contribution is 5.47. The molecular weight excluding hydrogens is 220 g/mol. The lowest BCUT2D eigenvalue weighted by Gasteiger charge is -2.36. The number of hydrogen-bond acceptors (Lipinski definition) is 1. The van der Waals surface area contributed by atoms with Crippen molar-refractivity contribution in [2.24, 2.45) is 10.8 Å². The lowest BCUT2D eigenvalue weighted by Crippen LogP contribution is -2.29. The number of allylic oxidation sites excluding steroid dienone is 2. The molecule has 1 aliphatic carbocycles. The molecule has 0 amide bonds. The molecule has 1 unspecified atom stereocenters. The van der Waals surface area contributed by atoms with Crippen LogP contribution >= 0.6 is 0 Å². The van der Waals surface area contributed by atoms with E-state index in [0.29, 0.717) is 0 Å². The number of aliphatic hydroxyl groups excluding tert-OH is 1. The fourth-order valence-electron chi connectivity index (χ4n) is 2.13. The molecule has 0 spiro atoms. The molecule has 0 aromatic carbocycles. The SMILES string of the molecule is C=C1C=C(C(C)(C)CC)C=C(C(C)(C)CC)C1O. The normalized spacial score (nSPS) is 21.7. The maximum absolute atomic E-state index is 10.3. The minimum absolute atomic E-state index is 0.0195. The Hall–Kier alpha value is -0.820. The highest BCUT2D eigenvalue weighted by Gasteiger charge is 2.33. The first kappa shape index (κ1) is 15.2. The van der Waals surface area contributed by atoms with Crippen molar-refractivity contribution in [3.8, 4) is 0 Å². The second-order valence-corrected chi connectivity index (χ2v) is 6.65. The number of rotatable bonds is 4. The summed E-state index contributed by atoms with van der Waals surface area (Å²) in [6.45, 7) is 17.3. The zero-order valence-electron chi connectivity index (χ0n) is 12.8.